The maximum atomic E-state index is 11.6. The van der Waals surface area contributed by atoms with E-state index in [9.17, 15) is 14.4 Å². The van der Waals surface area contributed by atoms with Crippen molar-refractivity contribution < 1.29 is 19.5 Å². The lowest BCUT2D eigenvalue weighted by Gasteiger charge is -2.14. The Hall–Kier alpha value is -1.28. The Morgan fingerprint density at radius 3 is 2.67 bits per heavy atom. The van der Waals surface area contributed by atoms with Crippen molar-refractivity contribution in [3.63, 3.8) is 0 Å². The summed E-state index contributed by atoms with van der Waals surface area (Å²) in [5.41, 5.74) is 0. The smallest absolute Gasteiger partial charge is 0.327 e. The molecule has 18 heavy (non-hydrogen) atoms. The van der Waals surface area contributed by atoms with Crippen molar-refractivity contribution in [1.29, 1.82) is 0 Å². The zero-order valence-corrected chi connectivity index (χ0v) is 10.7. The minimum absolute atomic E-state index is 0.000793. The number of carboxylic acids is 1. The van der Waals surface area contributed by atoms with Crippen LogP contribution in [-0.4, -0.2) is 53.8 Å². The van der Waals surface area contributed by atoms with Gasteiger partial charge in [0.15, 0.2) is 0 Å². The van der Waals surface area contributed by atoms with Crippen LogP contribution in [0.1, 0.15) is 12.8 Å². The van der Waals surface area contributed by atoms with Gasteiger partial charge >= 0.3 is 5.97 Å². The molecule has 8 heteroatoms. The number of hydrogen-bond acceptors (Lipinski definition) is 5. The molecule has 102 valence electrons. The van der Waals surface area contributed by atoms with E-state index in [-0.39, 0.29) is 24.2 Å². The van der Waals surface area contributed by atoms with Crippen molar-refractivity contribution in [3.05, 3.63) is 0 Å². The van der Waals surface area contributed by atoms with Crippen LogP contribution in [0, 0.1) is 0 Å². The zero-order valence-electron chi connectivity index (χ0n) is 9.81. The van der Waals surface area contributed by atoms with E-state index in [1.807, 2.05) is 0 Å². The number of carbonyl (C=O) groups is 3. The highest BCUT2D eigenvalue weighted by Gasteiger charge is 2.23. The summed E-state index contributed by atoms with van der Waals surface area (Å²) in [6.07, 6.45) is 1.69. The predicted molar refractivity (Wildman–Crippen MR) is 67.5 cm³/mol. The Kier molecular flexibility index (Phi) is 5.93. The molecule has 1 saturated heterocycles. The fourth-order valence-corrected chi connectivity index (χ4v) is 1.88. The van der Waals surface area contributed by atoms with Crippen molar-refractivity contribution >= 4 is 30.4 Å². The predicted octanol–water partition coefficient (Wildman–Crippen LogP) is -1.65. The molecule has 0 saturated carbocycles. The lowest BCUT2D eigenvalue weighted by molar-refractivity contribution is -0.141. The van der Waals surface area contributed by atoms with E-state index in [1.54, 1.807) is 0 Å². The molecule has 0 aromatic carbocycles. The quantitative estimate of drug-likeness (QED) is 0.374. The first-order valence-electron chi connectivity index (χ1n) is 5.68. The third-order valence-corrected chi connectivity index (χ3v) is 2.98. The first-order chi connectivity index (χ1) is 8.54. The van der Waals surface area contributed by atoms with E-state index in [1.165, 1.54) is 0 Å². The Bertz CT molecular complexity index is 331. The molecule has 2 unspecified atom stereocenters. The first kappa shape index (κ1) is 14.8. The molecule has 1 aliphatic rings. The molecule has 7 nitrogen and oxygen atoms in total. The van der Waals surface area contributed by atoms with E-state index >= 15 is 0 Å². The largest absolute Gasteiger partial charge is 0.480 e. The number of hydrogen-bond donors (Lipinski definition) is 5. The molecular formula is C10H17N3O4S. The van der Waals surface area contributed by atoms with Gasteiger partial charge < -0.3 is 21.1 Å². The standard InChI is InChI=1S/C10H17N3O4S/c14-8(13-7(5-18)10(16)17)4-12-9(15)6-2-1-3-11-6/h6-7,11,18H,1-5H2,(H,12,15)(H,13,14)(H,16,17). The fraction of sp³-hybridized carbons (Fsp3) is 0.700. The van der Waals surface area contributed by atoms with Crippen LogP contribution in [0.3, 0.4) is 0 Å². The Morgan fingerprint density at radius 2 is 2.17 bits per heavy atom. The molecule has 0 bridgehead atoms. The minimum Gasteiger partial charge on any atom is -0.480 e. The molecule has 1 aliphatic heterocycles. The second-order valence-corrected chi connectivity index (χ2v) is 4.37. The number of amides is 2. The summed E-state index contributed by atoms with van der Waals surface area (Å²) in [6, 6.07) is -1.29. The summed E-state index contributed by atoms with van der Waals surface area (Å²) in [4.78, 5) is 33.6. The van der Waals surface area contributed by atoms with E-state index in [0.717, 1.165) is 19.4 Å². The molecule has 0 aliphatic carbocycles. The Balaban J connectivity index is 2.27. The summed E-state index contributed by atoms with van der Waals surface area (Å²) in [5, 5.41) is 16.4. The van der Waals surface area contributed by atoms with Gasteiger partial charge in [-0.3, -0.25) is 9.59 Å². The number of thiol groups is 1. The molecule has 0 aromatic heterocycles. The van der Waals surface area contributed by atoms with Gasteiger partial charge in [-0.25, -0.2) is 4.79 Å². The first-order valence-corrected chi connectivity index (χ1v) is 6.32. The third-order valence-electron chi connectivity index (χ3n) is 2.62. The molecular weight excluding hydrogens is 258 g/mol. The summed E-state index contributed by atoms with van der Waals surface area (Å²) in [7, 11) is 0. The highest BCUT2D eigenvalue weighted by Crippen LogP contribution is 2.03. The van der Waals surface area contributed by atoms with Gasteiger partial charge in [-0.2, -0.15) is 12.6 Å². The summed E-state index contributed by atoms with van der Waals surface area (Å²) >= 11 is 3.82. The Morgan fingerprint density at radius 1 is 1.44 bits per heavy atom. The summed E-state index contributed by atoms with van der Waals surface area (Å²) in [5.74, 6) is -1.93. The van der Waals surface area contributed by atoms with E-state index < -0.39 is 17.9 Å². The second-order valence-electron chi connectivity index (χ2n) is 4.01. The molecule has 0 aromatic rings. The van der Waals surface area contributed by atoms with E-state index in [4.69, 9.17) is 5.11 Å². The lowest BCUT2D eigenvalue weighted by Crippen LogP contribution is -2.49. The van der Waals surface area contributed by atoms with Gasteiger partial charge in [0.25, 0.3) is 0 Å². The molecule has 4 N–H and O–H groups in total. The minimum atomic E-state index is -1.15. The summed E-state index contributed by atoms with van der Waals surface area (Å²) < 4.78 is 0. The average molecular weight is 275 g/mol. The van der Waals surface area contributed by atoms with E-state index in [2.05, 4.69) is 28.6 Å². The maximum absolute atomic E-state index is 11.6. The van der Waals surface area contributed by atoms with Crippen LogP contribution in [0.2, 0.25) is 0 Å². The van der Waals surface area contributed by atoms with Gasteiger partial charge in [-0.1, -0.05) is 0 Å². The highest BCUT2D eigenvalue weighted by atomic mass is 32.1. The molecule has 0 spiro atoms. The molecule has 1 rings (SSSR count). The molecule has 1 fully saturated rings. The molecule has 2 atom stereocenters. The molecule has 0 radical (unpaired) electrons. The number of carboxylic acid groups (broad SMARTS) is 1. The average Bonchev–Trinajstić information content (AvgIpc) is 2.86. The van der Waals surface area contributed by atoms with Gasteiger partial charge in [0, 0.05) is 5.75 Å². The normalized spacial score (nSPS) is 20.2. The van der Waals surface area contributed by atoms with Crippen LogP contribution in [0.15, 0.2) is 0 Å². The molecule has 1 heterocycles. The molecule has 2 amide bonds. The third kappa shape index (κ3) is 4.53. The number of aliphatic carboxylic acids is 1. The van der Waals surface area contributed by atoms with Crippen molar-refractivity contribution in [1.82, 2.24) is 16.0 Å². The van der Waals surface area contributed by atoms with Gasteiger partial charge in [0.2, 0.25) is 11.8 Å². The SMILES string of the molecule is O=C(CNC(=O)C1CCCN1)NC(CS)C(=O)O. The number of carbonyl (C=O) groups excluding carboxylic acids is 2. The number of rotatable bonds is 6. The van der Waals surface area contributed by atoms with Gasteiger partial charge in [0.05, 0.1) is 12.6 Å². The van der Waals surface area contributed by atoms with Gasteiger partial charge in [-0.05, 0) is 19.4 Å². The second kappa shape index (κ2) is 7.22. The maximum Gasteiger partial charge on any atom is 0.327 e. The van der Waals surface area contributed by atoms with Gasteiger partial charge in [-0.15, -0.1) is 0 Å². The van der Waals surface area contributed by atoms with Gasteiger partial charge in [0.1, 0.15) is 6.04 Å². The van der Waals surface area contributed by atoms with Crippen LogP contribution in [0.25, 0.3) is 0 Å². The monoisotopic (exact) mass is 275 g/mol. The van der Waals surface area contributed by atoms with E-state index in [0.29, 0.717) is 0 Å². The van der Waals surface area contributed by atoms with Crippen molar-refractivity contribution in [3.8, 4) is 0 Å². The fourth-order valence-electron chi connectivity index (χ4n) is 1.63. The summed E-state index contributed by atoms with van der Waals surface area (Å²) in [6.45, 7) is 0.569. The topological polar surface area (TPSA) is 108 Å². The van der Waals surface area contributed by atoms with Crippen LogP contribution in [0.5, 0.6) is 0 Å². The number of nitrogens with one attached hydrogen (secondary N) is 3. The highest BCUT2D eigenvalue weighted by molar-refractivity contribution is 7.80. The van der Waals surface area contributed by atoms with Crippen LogP contribution in [0.4, 0.5) is 0 Å². The lowest BCUT2D eigenvalue weighted by atomic mass is 10.2. The van der Waals surface area contributed by atoms with Crippen LogP contribution >= 0.6 is 12.6 Å². The zero-order chi connectivity index (χ0) is 13.5. The van der Waals surface area contributed by atoms with Crippen molar-refractivity contribution in [2.24, 2.45) is 0 Å². The van der Waals surface area contributed by atoms with Crippen molar-refractivity contribution in [2.75, 3.05) is 18.8 Å². The van der Waals surface area contributed by atoms with Crippen LogP contribution in [-0.2, 0) is 14.4 Å². The Labute approximate surface area is 110 Å². The van der Waals surface area contributed by atoms with Crippen LogP contribution < -0.4 is 16.0 Å². The van der Waals surface area contributed by atoms with Crippen molar-refractivity contribution in [2.45, 2.75) is 24.9 Å².